The molecule has 2 N–H and O–H groups in total. The number of sulfonamides is 1. The van der Waals surface area contributed by atoms with E-state index < -0.39 is 26.6 Å². The zero-order valence-corrected chi connectivity index (χ0v) is 13.9. The van der Waals surface area contributed by atoms with Crippen LogP contribution in [0.3, 0.4) is 0 Å². The van der Waals surface area contributed by atoms with Gasteiger partial charge in [-0.05, 0) is 42.7 Å². The van der Waals surface area contributed by atoms with Crippen molar-refractivity contribution in [3.8, 4) is 0 Å². The second kappa shape index (κ2) is 6.79. The van der Waals surface area contributed by atoms with Crippen LogP contribution < -0.4 is 10.0 Å². The molecule has 0 unspecified atom stereocenters. The molecule has 5 nitrogen and oxygen atoms in total. The molecule has 0 atom stereocenters. The minimum atomic E-state index is -4.18. The van der Waals surface area contributed by atoms with Gasteiger partial charge in [0.15, 0.2) is 0 Å². The Morgan fingerprint density at radius 1 is 1.08 bits per heavy atom. The minimum Gasteiger partial charge on any atom is -0.353 e. The van der Waals surface area contributed by atoms with Gasteiger partial charge in [0, 0.05) is 17.8 Å². The van der Waals surface area contributed by atoms with Crippen LogP contribution in [-0.4, -0.2) is 20.4 Å². The normalized spacial score (nSPS) is 14.2. The Morgan fingerprint density at radius 2 is 1.76 bits per heavy atom. The first-order valence-electron chi connectivity index (χ1n) is 7.70. The smallest absolute Gasteiger partial charge is 0.264 e. The van der Waals surface area contributed by atoms with Crippen LogP contribution in [0.25, 0.3) is 0 Å². The molecular weight excluding hydrogens is 350 g/mol. The van der Waals surface area contributed by atoms with E-state index in [0.29, 0.717) is 6.07 Å². The van der Waals surface area contributed by atoms with Crippen LogP contribution in [0.1, 0.15) is 18.4 Å². The predicted molar refractivity (Wildman–Crippen MR) is 88.5 cm³/mol. The standard InChI is InChI=1S/C17H16F2N2O3S/c18-12-3-8-16(15(19)10-12)25(23,24)21-14-4-1-11(2-5-14)9-17(22)20-13-6-7-13/h1-5,8,10,13,21H,6-7,9H2,(H,20,22). The summed E-state index contributed by atoms with van der Waals surface area (Å²) >= 11 is 0. The van der Waals surface area contributed by atoms with Gasteiger partial charge in [-0.1, -0.05) is 12.1 Å². The zero-order valence-electron chi connectivity index (χ0n) is 13.1. The van der Waals surface area contributed by atoms with Crippen molar-refractivity contribution in [1.29, 1.82) is 0 Å². The fraction of sp³-hybridized carbons (Fsp3) is 0.235. The van der Waals surface area contributed by atoms with Crippen molar-refractivity contribution in [3.05, 3.63) is 59.7 Å². The van der Waals surface area contributed by atoms with Gasteiger partial charge in [0.2, 0.25) is 5.91 Å². The van der Waals surface area contributed by atoms with E-state index in [-0.39, 0.29) is 24.1 Å². The molecule has 1 fully saturated rings. The Labute approximate surface area is 144 Å². The van der Waals surface area contributed by atoms with Crippen LogP contribution in [0, 0.1) is 11.6 Å². The molecule has 0 spiro atoms. The fourth-order valence-corrected chi connectivity index (χ4v) is 3.40. The molecule has 0 radical (unpaired) electrons. The van der Waals surface area contributed by atoms with Crippen LogP contribution in [0.15, 0.2) is 47.4 Å². The highest BCUT2D eigenvalue weighted by Crippen LogP contribution is 2.21. The largest absolute Gasteiger partial charge is 0.353 e. The molecule has 1 saturated carbocycles. The molecule has 0 bridgehead atoms. The van der Waals surface area contributed by atoms with Crippen LogP contribution in [0.5, 0.6) is 0 Å². The second-order valence-corrected chi connectivity index (χ2v) is 7.55. The van der Waals surface area contributed by atoms with Crippen molar-refractivity contribution in [3.63, 3.8) is 0 Å². The molecule has 1 amide bonds. The number of benzene rings is 2. The van der Waals surface area contributed by atoms with E-state index in [1.54, 1.807) is 12.1 Å². The lowest BCUT2D eigenvalue weighted by atomic mass is 10.1. The molecule has 8 heteroatoms. The maximum absolute atomic E-state index is 13.7. The van der Waals surface area contributed by atoms with Gasteiger partial charge in [-0.15, -0.1) is 0 Å². The molecule has 0 saturated heterocycles. The van der Waals surface area contributed by atoms with Crippen LogP contribution in [0.4, 0.5) is 14.5 Å². The number of carbonyl (C=O) groups excluding carboxylic acids is 1. The van der Waals surface area contributed by atoms with E-state index in [0.717, 1.165) is 30.5 Å². The lowest BCUT2D eigenvalue weighted by Crippen LogP contribution is -2.26. The maximum Gasteiger partial charge on any atom is 0.264 e. The van der Waals surface area contributed by atoms with E-state index in [1.165, 1.54) is 12.1 Å². The van der Waals surface area contributed by atoms with E-state index >= 15 is 0 Å². The van der Waals surface area contributed by atoms with Crippen molar-refractivity contribution < 1.29 is 22.0 Å². The number of carbonyl (C=O) groups is 1. The van der Waals surface area contributed by atoms with Gasteiger partial charge in [-0.2, -0.15) is 0 Å². The van der Waals surface area contributed by atoms with E-state index in [4.69, 9.17) is 0 Å². The number of hydrogen-bond acceptors (Lipinski definition) is 3. The first kappa shape index (κ1) is 17.3. The summed E-state index contributed by atoms with van der Waals surface area (Å²) in [5.41, 5.74) is 0.948. The van der Waals surface area contributed by atoms with Gasteiger partial charge < -0.3 is 5.32 Å². The Bertz CT molecular complexity index is 895. The van der Waals surface area contributed by atoms with Crippen LogP contribution >= 0.6 is 0 Å². The first-order valence-corrected chi connectivity index (χ1v) is 9.18. The topological polar surface area (TPSA) is 75.3 Å². The van der Waals surface area contributed by atoms with Gasteiger partial charge >= 0.3 is 0 Å². The predicted octanol–water partition coefficient (Wildman–Crippen LogP) is 2.59. The number of nitrogens with one attached hydrogen (secondary N) is 2. The third-order valence-electron chi connectivity index (χ3n) is 3.70. The van der Waals surface area contributed by atoms with Crippen molar-refractivity contribution >= 4 is 21.6 Å². The summed E-state index contributed by atoms with van der Waals surface area (Å²) in [6.45, 7) is 0. The molecular formula is C17H16F2N2O3S. The zero-order chi connectivity index (χ0) is 18.0. The average molecular weight is 366 g/mol. The van der Waals surface area contributed by atoms with Gasteiger partial charge in [-0.25, -0.2) is 17.2 Å². The summed E-state index contributed by atoms with van der Waals surface area (Å²) in [5, 5.41) is 2.86. The van der Waals surface area contributed by atoms with Gasteiger partial charge in [0.05, 0.1) is 6.42 Å². The average Bonchev–Trinajstić information content (AvgIpc) is 3.32. The number of anilines is 1. The van der Waals surface area contributed by atoms with E-state index in [1.807, 2.05) is 0 Å². The molecule has 25 heavy (non-hydrogen) atoms. The number of hydrogen-bond donors (Lipinski definition) is 2. The molecule has 1 aliphatic rings. The number of rotatable bonds is 6. The summed E-state index contributed by atoms with van der Waals surface area (Å²) in [6, 6.07) is 8.73. The van der Waals surface area contributed by atoms with E-state index in [9.17, 15) is 22.0 Å². The summed E-state index contributed by atoms with van der Waals surface area (Å²) < 4.78 is 53.2. The van der Waals surface area contributed by atoms with Gasteiger partial charge in [-0.3, -0.25) is 9.52 Å². The highest BCUT2D eigenvalue weighted by atomic mass is 32.2. The highest BCUT2D eigenvalue weighted by molar-refractivity contribution is 7.92. The minimum absolute atomic E-state index is 0.0794. The van der Waals surface area contributed by atoms with Crippen LogP contribution in [-0.2, 0) is 21.2 Å². The monoisotopic (exact) mass is 366 g/mol. The Balaban J connectivity index is 1.68. The van der Waals surface area contributed by atoms with Crippen molar-refractivity contribution in [2.24, 2.45) is 0 Å². The molecule has 3 rings (SSSR count). The Morgan fingerprint density at radius 3 is 2.36 bits per heavy atom. The lowest BCUT2D eigenvalue weighted by molar-refractivity contribution is -0.120. The molecule has 2 aromatic carbocycles. The molecule has 2 aromatic rings. The number of halogens is 2. The van der Waals surface area contributed by atoms with E-state index in [2.05, 4.69) is 10.0 Å². The molecule has 0 heterocycles. The third kappa shape index (κ3) is 4.54. The fourth-order valence-electron chi connectivity index (χ4n) is 2.29. The summed E-state index contributed by atoms with van der Waals surface area (Å²) in [7, 11) is -4.18. The summed E-state index contributed by atoms with van der Waals surface area (Å²) in [6.07, 6.45) is 2.22. The SMILES string of the molecule is O=C(Cc1ccc(NS(=O)(=O)c2ccc(F)cc2F)cc1)NC1CC1. The van der Waals surface area contributed by atoms with Gasteiger partial charge in [0.1, 0.15) is 16.5 Å². The molecule has 132 valence electrons. The Hall–Kier alpha value is -2.48. The first-order chi connectivity index (χ1) is 11.8. The summed E-state index contributed by atoms with van der Waals surface area (Å²) in [5.74, 6) is -2.10. The highest BCUT2D eigenvalue weighted by Gasteiger charge is 2.23. The van der Waals surface area contributed by atoms with Crippen molar-refractivity contribution in [1.82, 2.24) is 5.32 Å². The van der Waals surface area contributed by atoms with Crippen molar-refractivity contribution in [2.75, 3.05) is 4.72 Å². The molecule has 1 aliphatic carbocycles. The second-order valence-electron chi connectivity index (χ2n) is 5.90. The molecule has 0 aromatic heterocycles. The summed E-state index contributed by atoms with van der Waals surface area (Å²) in [4.78, 5) is 11.1. The third-order valence-corrected chi connectivity index (χ3v) is 5.11. The van der Waals surface area contributed by atoms with Gasteiger partial charge in [0.25, 0.3) is 10.0 Å². The molecule has 0 aliphatic heterocycles. The maximum atomic E-state index is 13.7. The lowest BCUT2D eigenvalue weighted by Gasteiger charge is -2.10. The number of amides is 1. The quantitative estimate of drug-likeness (QED) is 0.825. The van der Waals surface area contributed by atoms with Crippen molar-refractivity contribution in [2.45, 2.75) is 30.2 Å². The van der Waals surface area contributed by atoms with Crippen LogP contribution in [0.2, 0.25) is 0 Å². The Kier molecular flexibility index (Phi) is 4.71.